The molecule has 0 spiro atoms. The second-order valence-corrected chi connectivity index (χ2v) is 9.25. The van der Waals surface area contributed by atoms with E-state index in [1.807, 2.05) is 19.1 Å². The summed E-state index contributed by atoms with van der Waals surface area (Å²) in [6.07, 6.45) is 3.46. The van der Waals surface area contributed by atoms with Crippen LogP contribution in [0.2, 0.25) is 0 Å². The summed E-state index contributed by atoms with van der Waals surface area (Å²) >= 11 is 4.82. The molecule has 0 saturated carbocycles. The lowest BCUT2D eigenvalue weighted by Gasteiger charge is -2.19. The number of thioether (sulfide) groups is 1. The van der Waals surface area contributed by atoms with Crippen molar-refractivity contribution >= 4 is 27.7 Å². The van der Waals surface area contributed by atoms with Crippen LogP contribution in [0.3, 0.4) is 0 Å². The molecule has 3 aromatic rings. The minimum Gasteiger partial charge on any atom is -0.335 e. The highest BCUT2D eigenvalue weighted by Crippen LogP contribution is 2.33. The van der Waals surface area contributed by atoms with E-state index in [-0.39, 0.29) is 10.7 Å². The van der Waals surface area contributed by atoms with E-state index in [0.29, 0.717) is 11.0 Å². The van der Waals surface area contributed by atoms with Gasteiger partial charge >= 0.3 is 0 Å². The minimum atomic E-state index is 0.00529. The van der Waals surface area contributed by atoms with Crippen molar-refractivity contribution in [3.63, 3.8) is 0 Å². The molecule has 2 heterocycles. The third-order valence-electron chi connectivity index (χ3n) is 3.96. The molecule has 0 fully saturated rings. The predicted molar refractivity (Wildman–Crippen MR) is 108 cm³/mol. The van der Waals surface area contributed by atoms with Crippen molar-refractivity contribution in [1.82, 2.24) is 24.8 Å². The average molecular weight is 433 g/mol. The molecule has 0 bridgehead atoms. The fraction of sp³-hybridized carbons (Fsp3) is 0.333. The molecule has 1 atom stereocenters. The van der Waals surface area contributed by atoms with Gasteiger partial charge in [0.15, 0.2) is 5.82 Å². The van der Waals surface area contributed by atoms with Gasteiger partial charge in [-0.1, -0.05) is 56.8 Å². The van der Waals surface area contributed by atoms with E-state index in [4.69, 9.17) is 5.84 Å². The minimum absolute atomic E-state index is 0.00529. The Labute approximate surface area is 165 Å². The molecule has 1 unspecified atom stereocenters. The largest absolute Gasteiger partial charge is 0.335 e. The molecule has 8 heteroatoms. The second kappa shape index (κ2) is 7.36. The smallest absolute Gasteiger partial charge is 0.210 e. The summed E-state index contributed by atoms with van der Waals surface area (Å²) in [5, 5.41) is 9.12. The molecule has 2 N–H and O–H groups in total. The van der Waals surface area contributed by atoms with Gasteiger partial charge < -0.3 is 5.84 Å². The van der Waals surface area contributed by atoms with Crippen LogP contribution in [0.25, 0.3) is 11.4 Å². The van der Waals surface area contributed by atoms with Crippen LogP contribution in [0.4, 0.5) is 0 Å². The van der Waals surface area contributed by atoms with Crippen LogP contribution >= 0.6 is 27.7 Å². The van der Waals surface area contributed by atoms with Gasteiger partial charge in [-0.25, -0.2) is 14.6 Å². The molecule has 0 saturated heterocycles. The summed E-state index contributed by atoms with van der Waals surface area (Å²) in [6, 6.07) is 8.28. The molecule has 0 radical (unpaired) electrons. The molecular weight excluding hydrogens is 412 g/mol. The number of aromatic nitrogens is 5. The summed E-state index contributed by atoms with van der Waals surface area (Å²) in [7, 11) is 0. The van der Waals surface area contributed by atoms with E-state index < -0.39 is 0 Å². The Morgan fingerprint density at radius 3 is 2.27 bits per heavy atom. The van der Waals surface area contributed by atoms with E-state index in [2.05, 4.69) is 69.0 Å². The Morgan fingerprint density at radius 1 is 1.08 bits per heavy atom. The number of hydrogen-bond donors (Lipinski definition) is 1. The zero-order valence-electron chi connectivity index (χ0n) is 15.1. The fourth-order valence-corrected chi connectivity index (χ4v) is 3.45. The molecule has 6 nitrogen and oxygen atoms in total. The van der Waals surface area contributed by atoms with Crippen molar-refractivity contribution in [2.75, 3.05) is 5.84 Å². The molecule has 26 heavy (non-hydrogen) atoms. The quantitative estimate of drug-likeness (QED) is 0.486. The Balaban J connectivity index is 1.80. The lowest BCUT2D eigenvalue weighted by Crippen LogP contribution is -2.13. The van der Waals surface area contributed by atoms with Gasteiger partial charge in [-0.15, -0.1) is 10.2 Å². The highest BCUT2D eigenvalue weighted by Gasteiger charge is 2.19. The monoisotopic (exact) mass is 432 g/mol. The first-order valence-electron chi connectivity index (χ1n) is 8.21. The first kappa shape index (κ1) is 18.8. The van der Waals surface area contributed by atoms with Crippen molar-refractivity contribution in [1.29, 1.82) is 0 Å². The normalized spacial score (nSPS) is 13.0. The molecule has 0 aliphatic heterocycles. The van der Waals surface area contributed by atoms with E-state index >= 15 is 0 Å². The SMILES string of the molecule is CC(Sc1nnc(-c2ccc(C(C)(C)C)cc2)n1N)c1ncc(Br)cn1. The first-order valence-corrected chi connectivity index (χ1v) is 9.88. The number of hydrogen-bond acceptors (Lipinski definition) is 6. The summed E-state index contributed by atoms with van der Waals surface area (Å²) in [5.41, 5.74) is 2.31. The van der Waals surface area contributed by atoms with Gasteiger partial charge in [0.05, 0.1) is 9.72 Å². The van der Waals surface area contributed by atoms with Gasteiger partial charge in [0.25, 0.3) is 0 Å². The molecule has 0 aliphatic rings. The molecule has 0 amide bonds. The number of nitrogen functional groups attached to an aromatic ring is 1. The summed E-state index contributed by atoms with van der Waals surface area (Å²) < 4.78 is 2.37. The number of nitrogens with zero attached hydrogens (tertiary/aromatic N) is 5. The summed E-state index contributed by atoms with van der Waals surface area (Å²) in [5.74, 6) is 7.59. The molecule has 136 valence electrons. The maximum absolute atomic E-state index is 6.23. The predicted octanol–water partition coefficient (Wildman–Crippen LogP) is 4.36. The summed E-state index contributed by atoms with van der Waals surface area (Å²) in [6.45, 7) is 8.58. The van der Waals surface area contributed by atoms with Crippen molar-refractivity contribution in [2.24, 2.45) is 0 Å². The maximum Gasteiger partial charge on any atom is 0.210 e. The van der Waals surface area contributed by atoms with E-state index in [9.17, 15) is 0 Å². The van der Waals surface area contributed by atoms with E-state index in [1.54, 1.807) is 12.4 Å². The molecule has 0 aliphatic carbocycles. The van der Waals surface area contributed by atoms with Gasteiger partial charge in [0.2, 0.25) is 5.16 Å². The third kappa shape index (κ3) is 4.07. The Kier molecular flexibility index (Phi) is 5.34. The number of rotatable bonds is 4. The lowest BCUT2D eigenvalue weighted by atomic mass is 9.87. The first-order chi connectivity index (χ1) is 12.3. The van der Waals surface area contributed by atoms with Crippen molar-refractivity contribution in [2.45, 2.75) is 43.5 Å². The van der Waals surface area contributed by atoms with Crippen molar-refractivity contribution in [3.8, 4) is 11.4 Å². The van der Waals surface area contributed by atoms with Gasteiger partial charge in [-0.3, -0.25) is 0 Å². The zero-order valence-corrected chi connectivity index (χ0v) is 17.5. The Bertz CT molecular complexity index is 884. The Hall–Kier alpha value is -1.93. The maximum atomic E-state index is 6.23. The van der Waals surface area contributed by atoms with Crippen LogP contribution in [0.5, 0.6) is 0 Å². The van der Waals surface area contributed by atoms with Crippen LogP contribution in [0.15, 0.2) is 46.3 Å². The van der Waals surface area contributed by atoms with E-state index in [0.717, 1.165) is 15.9 Å². The van der Waals surface area contributed by atoms with Crippen molar-refractivity contribution in [3.05, 3.63) is 52.5 Å². The van der Waals surface area contributed by atoms with E-state index in [1.165, 1.54) is 22.0 Å². The molecular formula is C18H21BrN6S. The molecule has 3 rings (SSSR count). The van der Waals surface area contributed by atoms with Gasteiger partial charge in [0.1, 0.15) is 5.82 Å². The van der Waals surface area contributed by atoms with Crippen LogP contribution in [-0.4, -0.2) is 24.8 Å². The highest BCUT2D eigenvalue weighted by molar-refractivity contribution is 9.10. The van der Waals surface area contributed by atoms with Crippen LogP contribution in [-0.2, 0) is 5.41 Å². The second-order valence-electron chi connectivity index (χ2n) is 7.02. The number of nitrogens with two attached hydrogens (primary N) is 1. The van der Waals surface area contributed by atoms with Crippen LogP contribution in [0.1, 0.15) is 44.3 Å². The standard InChI is InChI=1S/C18H21BrN6S/c1-11(15-21-9-14(19)10-22-15)26-17-24-23-16(25(17)20)12-5-7-13(8-6-12)18(2,3)4/h5-11H,20H2,1-4H3. The molecule has 2 aromatic heterocycles. The fourth-order valence-electron chi connectivity index (χ4n) is 2.42. The van der Waals surface area contributed by atoms with Crippen LogP contribution in [0, 0.1) is 0 Å². The third-order valence-corrected chi connectivity index (χ3v) is 5.42. The number of halogens is 1. The molecule has 1 aromatic carbocycles. The van der Waals surface area contributed by atoms with Gasteiger partial charge in [-0.05, 0) is 33.8 Å². The zero-order chi connectivity index (χ0) is 18.9. The lowest BCUT2D eigenvalue weighted by molar-refractivity contribution is 0.590. The average Bonchev–Trinajstić information content (AvgIpc) is 2.95. The van der Waals surface area contributed by atoms with Crippen molar-refractivity contribution < 1.29 is 0 Å². The van der Waals surface area contributed by atoms with Crippen LogP contribution < -0.4 is 5.84 Å². The Morgan fingerprint density at radius 2 is 1.69 bits per heavy atom. The van der Waals surface area contributed by atoms with Gasteiger partial charge in [0, 0.05) is 18.0 Å². The summed E-state index contributed by atoms with van der Waals surface area (Å²) in [4.78, 5) is 8.65. The number of benzene rings is 1. The highest BCUT2D eigenvalue weighted by atomic mass is 79.9. The topological polar surface area (TPSA) is 82.5 Å². The van der Waals surface area contributed by atoms with Gasteiger partial charge in [-0.2, -0.15) is 0 Å².